The molecule has 0 unspecified atom stereocenters. The van der Waals surface area contributed by atoms with Gasteiger partial charge in [-0.1, -0.05) is 0 Å². The van der Waals surface area contributed by atoms with E-state index in [2.05, 4.69) is 0 Å². The third kappa shape index (κ3) is 2.44. The Morgan fingerprint density at radius 3 is 2.50 bits per heavy atom. The van der Waals surface area contributed by atoms with Crippen LogP contribution in [-0.2, 0) is 0 Å². The summed E-state index contributed by atoms with van der Waals surface area (Å²) in [5.41, 5.74) is 0. The van der Waals surface area contributed by atoms with E-state index in [0.29, 0.717) is 0 Å². The van der Waals surface area contributed by atoms with Crippen LogP contribution in [0.3, 0.4) is 0 Å². The lowest BCUT2D eigenvalue weighted by molar-refractivity contribution is -0.820. The zero-order chi connectivity index (χ0) is 8.48. The van der Waals surface area contributed by atoms with Gasteiger partial charge in [0.15, 0.2) is 0 Å². The Morgan fingerprint density at radius 2 is 2.17 bits per heavy atom. The highest BCUT2D eigenvalue weighted by Gasteiger charge is 2.26. The molecule has 0 saturated carbocycles. The van der Waals surface area contributed by atoms with Gasteiger partial charge < -0.3 is 21.4 Å². The first-order valence-corrected chi connectivity index (χ1v) is 3.23. The van der Waals surface area contributed by atoms with Crippen molar-refractivity contribution in [1.29, 1.82) is 0 Å². The average molecular weight is 235 g/mol. The molecule has 4 nitrogen and oxygen atoms in total. The number of carbonyl (C=O) groups is 1. The zero-order valence-corrected chi connectivity index (χ0v) is 8.54. The fraction of sp³-hybridized carbons (Fsp3) is 0.286. The Balaban J connectivity index is 0.00000121. The van der Waals surface area contributed by atoms with Gasteiger partial charge in [-0.3, -0.25) is 0 Å². The summed E-state index contributed by atoms with van der Waals surface area (Å²) in [6, 6.07) is 3.25. The minimum absolute atomic E-state index is 0. The van der Waals surface area contributed by atoms with Gasteiger partial charge in [-0.2, -0.15) is 10.4 Å². The molecule has 0 radical (unpaired) electrons. The number of nitrogens with two attached hydrogens (primary N) is 1. The predicted molar refractivity (Wildman–Crippen MR) is 39.3 cm³/mol. The number of carbonyl (C=O) groups excluding carboxylic acids is 1. The van der Waals surface area contributed by atoms with E-state index >= 15 is 0 Å². The van der Waals surface area contributed by atoms with Crippen molar-refractivity contribution in [2.45, 2.75) is 0 Å². The highest BCUT2D eigenvalue weighted by Crippen LogP contribution is 2.04. The summed E-state index contributed by atoms with van der Waals surface area (Å²) in [5.74, 6) is 5.55. The lowest BCUT2D eigenvalue weighted by atomic mass is 10.4. The van der Waals surface area contributed by atoms with Gasteiger partial charge in [0.25, 0.3) is 0 Å². The molecule has 1 heterocycles. The number of quaternary nitrogens is 1. The lowest BCUT2D eigenvalue weighted by Crippen LogP contribution is -3.00. The third-order valence-electron chi connectivity index (χ3n) is 1.26. The summed E-state index contributed by atoms with van der Waals surface area (Å²) >= 11 is 0. The maximum atomic E-state index is 11.3. The minimum Gasteiger partial charge on any atom is -1.00 e. The molecule has 0 aliphatic carbocycles. The van der Waals surface area contributed by atoms with E-state index in [1.54, 1.807) is 26.2 Å². The van der Waals surface area contributed by atoms with E-state index in [-0.39, 0.29) is 33.2 Å². The van der Waals surface area contributed by atoms with Crippen LogP contribution in [0.15, 0.2) is 22.8 Å². The fourth-order valence-electron chi connectivity index (χ4n) is 0.684. The third-order valence-corrected chi connectivity index (χ3v) is 1.26. The standard InChI is InChI=1S/C7H11N2O2.BrH/c1-9(2,8)7(10)6-4-3-5-11-6;/h3-5H,8H2,1-2H3;1H/q+1;/p-1. The van der Waals surface area contributed by atoms with Crippen LogP contribution in [0, 0.1) is 0 Å². The van der Waals surface area contributed by atoms with Crippen molar-refractivity contribution >= 4 is 5.91 Å². The van der Waals surface area contributed by atoms with E-state index in [1.165, 1.54) is 6.26 Å². The van der Waals surface area contributed by atoms with Crippen LogP contribution in [0.5, 0.6) is 0 Å². The summed E-state index contributed by atoms with van der Waals surface area (Å²) in [7, 11) is 3.18. The van der Waals surface area contributed by atoms with Crippen LogP contribution in [0.1, 0.15) is 10.6 Å². The van der Waals surface area contributed by atoms with Gasteiger partial charge in [0.05, 0.1) is 20.4 Å². The van der Waals surface area contributed by atoms with Crippen LogP contribution in [-0.4, -0.2) is 24.6 Å². The van der Waals surface area contributed by atoms with Crippen molar-refractivity contribution < 1.29 is 30.8 Å². The molecule has 1 rings (SSSR count). The van der Waals surface area contributed by atoms with Crippen molar-refractivity contribution in [3.05, 3.63) is 24.2 Å². The number of halogens is 1. The van der Waals surface area contributed by atoms with Gasteiger partial charge in [0.1, 0.15) is 0 Å². The van der Waals surface area contributed by atoms with Gasteiger partial charge in [0.2, 0.25) is 5.76 Å². The van der Waals surface area contributed by atoms with Gasteiger partial charge in [-0.25, -0.2) is 4.79 Å². The minimum atomic E-state index is -0.243. The molecule has 0 aliphatic rings. The largest absolute Gasteiger partial charge is 1.00 e. The van der Waals surface area contributed by atoms with Crippen molar-refractivity contribution in [2.24, 2.45) is 5.84 Å². The van der Waals surface area contributed by atoms with Crippen molar-refractivity contribution in [3.63, 3.8) is 0 Å². The number of hydrogen-bond acceptors (Lipinski definition) is 3. The van der Waals surface area contributed by atoms with E-state index < -0.39 is 0 Å². The normalized spacial score (nSPS) is 10.6. The predicted octanol–water partition coefficient (Wildman–Crippen LogP) is -2.63. The maximum absolute atomic E-state index is 11.3. The molecule has 12 heavy (non-hydrogen) atoms. The molecule has 0 spiro atoms. The Hall–Kier alpha value is -0.650. The first-order valence-electron chi connectivity index (χ1n) is 3.23. The van der Waals surface area contributed by atoms with Crippen LogP contribution < -0.4 is 22.8 Å². The molecule has 0 aromatic carbocycles. The maximum Gasteiger partial charge on any atom is 0.399 e. The molecule has 0 atom stereocenters. The Morgan fingerprint density at radius 1 is 1.58 bits per heavy atom. The van der Waals surface area contributed by atoms with E-state index in [9.17, 15) is 4.79 Å². The van der Waals surface area contributed by atoms with Crippen LogP contribution in [0.2, 0.25) is 0 Å². The molecule has 0 fully saturated rings. The average Bonchev–Trinajstić information content (AvgIpc) is 2.34. The number of rotatable bonds is 1. The second-order valence-corrected chi connectivity index (χ2v) is 2.82. The Kier molecular flexibility index (Phi) is 3.63. The summed E-state index contributed by atoms with van der Waals surface area (Å²) in [4.78, 5) is 11.3. The molecule has 2 N–H and O–H groups in total. The lowest BCUT2D eigenvalue weighted by Gasteiger charge is -2.16. The van der Waals surface area contributed by atoms with Gasteiger partial charge in [-0.15, -0.1) is 0 Å². The molecule has 0 saturated heterocycles. The SMILES string of the molecule is C[N+](C)(N)C(=O)c1ccco1.[Br-]. The summed E-state index contributed by atoms with van der Waals surface area (Å²) < 4.78 is 4.63. The Labute approximate surface area is 81.3 Å². The van der Waals surface area contributed by atoms with Crippen molar-refractivity contribution in [3.8, 4) is 0 Å². The molecule has 5 heteroatoms. The molecule has 0 aliphatic heterocycles. The molecular formula is C7H11BrN2O2. The molecular weight excluding hydrogens is 224 g/mol. The quantitative estimate of drug-likeness (QED) is 0.251. The van der Waals surface area contributed by atoms with Gasteiger partial charge in [0, 0.05) is 0 Å². The molecule has 0 bridgehead atoms. The number of hydrogen-bond donors (Lipinski definition) is 1. The number of furan rings is 1. The van der Waals surface area contributed by atoms with Crippen LogP contribution in [0.25, 0.3) is 0 Å². The smallest absolute Gasteiger partial charge is 0.399 e. The first-order chi connectivity index (χ1) is 5.02. The summed E-state index contributed by atoms with van der Waals surface area (Å²) in [5, 5.41) is 0. The summed E-state index contributed by atoms with van der Waals surface area (Å²) in [6.45, 7) is 0. The molecule has 1 aromatic rings. The summed E-state index contributed by atoms with van der Waals surface area (Å²) in [6.07, 6.45) is 1.45. The van der Waals surface area contributed by atoms with E-state index in [1.807, 2.05) is 0 Å². The monoisotopic (exact) mass is 234 g/mol. The van der Waals surface area contributed by atoms with Crippen LogP contribution in [0.4, 0.5) is 0 Å². The van der Waals surface area contributed by atoms with Crippen molar-refractivity contribution in [1.82, 2.24) is 0 Å². The molecule has 1 aromatic heterocycles. The highest BCUT2D eigenvalue weighted by atomic mass is 79.9. The fourth-order valence-corrected chi connectivity index (χ4v) is 0.684. The topological polar surface area (TPSA) is 56.2 Å². The van der Waals surface area contributed by atoms with Crippen LogP contribution >= 0.6 is 0 Å². The number of nitrogens with zero attached hydrogens (tertiary/aromatic N) is 1. The van der Waals surface area contributed by atoms with Gasteiger partial charge in [-0.05, 0) is 12.1 Å². The Bertz CT molecular complexity index is 251. The van der Waals surface area contributed by atoms with E-state index in [0.717, 1.165) is 0 Å². The van der Waals surface area contributed by atoms with Gasteiger partial charge >= 0.3 is 5.91 Å². The first kappa shape index (κ1) is 11.4. The second-order valence-electron chi connectivity index (χ2n) is 2.82. The zero-order valence-electron chi connectivity index (χ0n) is 6.95. The molecule has 68 valence electrons. The number of amides is 1. The van der Waals surface area contributed by atoms with E-state index in [4.69, 9.17) is 10.3 Å². The second kappa shape index (κ2) is 3.84. The highest BCUT2D eigenvalue weighted by molar-refractivity contribution is 5.85. The molecule has 1 amide bonds. The van der Waals surface area contributed by atoms with Crippen molar-refractivity contribution in [2.75, 3.05) is 14.1 Å².